The maximum atomic E-state index is 5.57. The van der Waals surface area contributed by atoms with E-state index in [2.05, 4.69) is 11.0 Å². The summed E-state index contributed by atoms with van der Waals surface area (Å²) in [7, 11) is 0. The molecule has 0 amide bonds. The van der Waals surface area contributed by atoms with Crippen molar-refractivity contribution in [3.8, 4) is 12.3 Å². The van der Waals surface area contributed by atoms with Gasteiger partial charge in [0.25, 0.3) is 0 Å². The molecule has 1 aliphatic heterocycles. The van der Waals surface area contributed by atoms with E-state index in [1.165, 1.54) is 6.42 Å². The number of rotatable bonds is 1. The second-order valence-electron chi connectivity index (χ2n) is 3.13. The minimum Gasteiger partial charge on any atom is -0.356 e. The van der Waals surface area contributed by atoms with E-state index >= 15 is 0 Å². The summed E-state index contributed by atoms with van der Waals surface area (Å²) in [5.74, 6) is 2.59. The molecule has 1 fully saturated rings. The van der Waals surface area contributed by atoms with Gasteiger partial charge in [0.2, 0.25) is 0 Å². The van der Waals surface area contributed by atoms with Gasteiger partial charge in [-0.1, -0.05) is 5.92 Å². The van der Waals surface area contributed by atoms with Crippen molar-refractivity contribution in [3.05, 3.63) is 18.0 Å². The fraction of sp³-hybridized carbons (Fsp3) is 0.500. The lowest BCUT2D eigenvalue weighted by Gasteiger charge is -2.23. The molecule has 1 unspecified atom stereocenters. The van der Waals surface area contributed by atoms with Crippen LogP contribution in [0.3, 0.4) is 0 Å². The lowest BCUT2D eigenvalue weighted by molar-refractivity contribution is -0.0399. The molecule has 0 aliphatic carbocycles. The van der Waals surface area contributed by atoms with E-state index in [1.54, 1.807) is 10.9 Å². The molecule has 0 radical (unpaired) electrons. The van der Waals surface area contributed by atoms with Crippen molar-refractivity contribution in [3.63, 3.8) is 0 Å². The van der Waals surface area contributed by atoms with Gasteiger partial charge in [-0.2, -0.15) is 5.10 Å². The molecule has 68 valence electrons. The molecule has 1 atom stereocenters. The summed E-state index contributed by atoms with van der Waals surface area (Å²) in [5, 5.41) is 4.16. The largest absolute Gasteiger partial charge is 0.356 e. The zero-order valence-electron chi connectivity index (χ0n) is 7.44. The molecule has 0 saturated carbocycles. The Morgan fingerprint density at radius 3 is 3.23 bits per heavy atom. The molecule has 1 saturated heterocycles. The van der Waals surface area contributed by atoms with Crippen molar-refractivity contribution in [2.24, 2.45) is 0 Å². The van der Waals surface area contributed by atoms with Crippen LogP contribution in [0.25, 0.3) is 0 Å². The van der Waals surface area contributed by atoms with Crippen LogP contribution in [0, 0.1) is 12.3 Å². The number of nitrogens with zero attached hydrogens (tertiary/aromatic N) is 2. The summed E-state index contributed by atoms with van der Waals surface area (Å²) in [4.78, 5) is 0. The van der Waals surface area contributed by atoms with Crippen LogP contribution in [-0.2, 0) is 4.74 Å². The lowest BCUT2D eigenvalue weighted by atomic mass is 10.2. The summed E-state index contributed by atoms with van der Waals surface area (Å²) in [6.07, 6.45) is 10.4. The Balaban J connectivity index is 2.19. The predicted molar refractivity (Wildman–Crippen MR) is 49.0 cm³/mol. The van der Waals surface area contributed by atoms with Crippen molar-refractivity contribution >= 4 is 0 Å². The van der Waals surface area contributed by atoms with Gasteiger partial charge in [0, 0.05) is 6.61 Å². The van der Waals surface area contributed by atoms with Gasteiger partial charge in [0.05, 0.1) is 6.20 Å². The quantitative estimate of drug-likeness (QED) is 0.607. The smallest absolute Gasteiger partial charge is 0.151 e. The highest BCUT2D eigenvalue weighted by Gasteiger charge is 2.17. The Morgan fingerprint density at radius 2 is 2.54 bits per heavy atom. The van der Waals surface area contributed by atoms with Crippen molar-refractivity contribution in [1.82, 2.24) is 9.78 Å². The van der Waals surface area contributed by atoms with Crippen molar-refractivity contribution in [2.45, 2.75) is 25.5 Å². The fourth-order valence-electron chi connectivity index (χ4n) is 1.57. The average Bonchev–Trinajstić information content (AvgIpc) is 2.67. The second kappa shape index (κ2) is 3.63. The Kier molecular flexibility index (Phi) is 2.33. The van der Waals surface area contributed by atoms with Crippen molar-refractivity contribution in [2.75, 3.05) is 6.61 Å². The van der Waals surface area contributed by atoms with Crippen molar-refractivity contribution in [1.29, 1.82) is 0 Å². The van der Waals surface area contributed by atoms with E-state index in [4.69, 9.17) is 11.2 Å². The Morgan fingerprint density at radius 1 is 1.62 bits per heavy atom. The molecule has 0 N–H and O–H groups in total. The van der Waals surface area contributed by atoms with Crippen LogP contribution in [0.5, 0.6) is 0 Å². The van der Waals surface area contributed by atoms with Gasteiger partial charge in [0.1, 0.15) is 5.69 Å². The Bertz CT molecular complexity index is 318. The maximum Gasteiger partial charge on any atom is 0.151 e. The Hall–Kier alpha value is -1.27. The third kappa shape index (κ3) is 1.58. The van der Waals surface area contributed by atoms with Crippen molar-refractivity contribution < 1.29 is 4.74 Å². The summed E-state index contributed by atoms with van der Waals surface area (Å²) in [6.45, 7) is 0.814. The highest BCUT2D eigenvalue weighted by Crippen LogP contribution is 2.22. The van der Waals surface area contributed by atoms with Gasteiger partial charge in [0.15, 0.2) is 6.23 Å². The first-order valence-electron chi connectivity index (χ1n) is 4.53. The average molecular weight is 176 g/mol. The van der Waals surface area contributed by atoms with E-state index in [1.807, 2.05) is 6.07 Å². The van der Waals surface area contributed by atoms with Gasteiger partial charge >= 0.3 is 0 Å². The molecule has 1 aromatic rings. The molecular weight excluding hydrogens is 164 g/mol. The van der Waals surface area contributed by atoms with Gasteiger partial charge in [-0.25, -0.2) is 4.68 Å². The first-order chi connectivity index (χ1) is 6.42. The zero-order valence-corrected chi connectivity index (χ0v) is 7.44. The molecule has 2 heterocycles. The third-order valence-electron chi connectivity index (χ3n) is 2.25. The predicted octanol–water partition coefficient (Wildman–Crippen LogP) is 1.56. The van der Waals surface area contributed by atoms with Gasteiger partial charge in [-0.3, -0.25) is 0 Å². The molecule has 0 spiro atoms. The highest BCUT2D eigenvalue weighted by atomic mass is 16.5. The van der Waals surface area contributed by atoms with Crippen LogP contribution in [0.2, 0.25) is 0 Å². The van der Waals surface area contributed by atoms with Gasteiger partial charge in [-0.15, -0.1) is 6.42 Å². The fourth-order valence-corrected chi connectivity index (χ4v) is 1.57. The number of hydrogen-bond acceptors (Lipinski definition) is 2. The highest BCUT2D eigenvalue weighted by molar-refractivity contribution is 5.23. The summed E-state index contributed by atoms with van der Waals surface area (Å²) in [5.41, 5.74) is 0.798. The van der Waals surface area contributed by atoms with E-state index in [0.717, 1.165) is 25.1 Å². The SMILES string of the molecule is C#Cc1ccnn1C1CCCCO1. The number of aromatic nitrogens is 2. The summed E-state index contributed by atoms with van der Waals surface area (Å²) < 4.78 is 7.36. The number of hydrogen-bond donors (Lipinski definition) is 0. The minimum atomic E-state index is 0.0507. The Labute approximate surface area is 77.7 Å². The molecule has 1 aromatic heterocycles. The van der Waals surface area contributed by atoms with Crippen LogP contribution < -0.4 is 0 Å². The standard InChI is InChI=1S/C10H12N2O/c1-2-9-6-7-11-12(9)10-5-3-4-8-13-10/h1,6-7,10H,3-5,8H2. The van der Waals surface area contributed by atoms with Crippen LogP contribution in [0.4, 0.5) is 0 Å². The van der Waals surface area contributed by atoms with Crippen LogP contribution in [0.1, 0.15) is 31.2 Å². The molecule has 13 heavy (non-hydrogen) atoms. The molecule has 3 heteroatoms. The molecule has 2 rings (SSSR count). The monoisotopic (exact) mass is 176 g/mol. The summed E-state index contributed by atoms with van der Waals surface area (Å²) in [6, 6.07) is 1.83. The van der Waals surface area contributed by atoms with Crippen LogP contribution in [0.15, 0.2) is 12.3 Å². The van der Waals surface area contributed by atoms with E-state index in [9.17, 15) is 0 Å². The third-order valence-corrected chi connectivity index (χ3v) is 2.25. The molecular formula is C10H12N2O. The lowest BCUT2D eigenvalue weighted by Crippen LogP contribution is -2.20. The first-order valence-corrected chi connectivity index (χ1v) is 4.53. The number of ether oxygens (including phenoxy) is 1. The molecule has 3 nitrogen and oxygen atoms in total. The second-order valence-corrected chi connectivity index (χ2v) is 3.13. The molecule has 0 bridgehead atoms. The topological polar surface area (TPSA) is 27.1 Å². The number of terminal acetylenes is 1. The normalized spacial score (nSPS) is 22.5. The van der Waals surface area contributed by atoms with E-state index < -0.39 is 0 Å². The van der Waals surface area contributed by atoms with Gasteiger partial charge in [-0.05, 0) is 25.3 Å². The molecule has 0 aromatic carbocycles. The first kappa shape index (κ1) is 8.33. The summed E-state index contributed by atoms with van der Waals surface area (Å²) >= 11 is 0. The minimum absolute atomic E-state index is 0.0507. The van der Waals surface area contributed by atoms with Gasteiger partial charge < -0.3 is 4.74 Å². The van der Waals surface area contributed by atoms with Crippen LogP contribution in [-0.4, -0.2) is 16.4 Å². The zero-order chi connectivity index (χ0) is 9.10. The van der Waals surface area contributed by atoms with E-state index in [-0.39, 0.29) is 6.23 Å². The maximum absolute atomic E-state index is 5.57. The van der Waals surface area contributed by atoms with E-state index in [0.29, 0.717) is 0 Å². The molecule has 1 aliphatic rings. The van der Waals surface area contributed by atoms with Crippen LogP contribution >= 0.6 is 0 Å².